The lowest BCUT2D eigenvalue weighted by atomic mass is 9.99. The Kier molecular flexibility index (Phi) is 5.28. The van der Waals surface area contributed by atoms with Crippen LogP contribution in [0, 0.1) is 17.2 Å². The van der Waals surface area contributed by atoms with Gasteiger partial charge >= 0.3 is 0 Å². The van der Waals surface area contributed by atoms with Crippen molar-refractivity contribution >= 4 is 0 Å². The third kappa shape index (κ3) is 4.65. The quantitative estimate of drug-likeness (QED) is 0.687. The van der Waals surface area contributed by atoms with Crippen molar-refractivity contribution in [1.82, 2.24) is 10.2 Å². The van der Waals surface area contributed by atoms with E-state index in [1.807, 2.05) is 0 Å². The number of unbranched alkanes of at least 4 members (excludes halogenated alkanes) is 2. The zero-order valence-electron chi connectivity index (χ0n) is 10.8. The van der Waals surface area contributed by atoms with Crippen LogP contribution in [0.5, 0.6) is 0 Å². The summed E-state index contributed by atoms with van der Waals surface area (Å²) < 4.78 is 0. The summed E-state index contributed by atoms with van der Waals surface area (Å²) in [6, 6.07) is 3.11. The van der Waals surface area contributed by atoms with Crippen molar-refractivity contribution in [2.75, 3.05) is 26.2 Å². The normalized spacial score (nSPS) is 24.8. The topological polar surface area (TPSA) is 39.1 Å². The Balaban J connectivity index is 1.67. The lowest BCUT2D eigenvalue weighted by molar-refractivity contribution is 0.197. The number of nitrogens with zero attached hydrogens (tertiary/aromatic N) is 2. The largest absolute Gasteiger partial charge is 0.316 e. The van der Waals surface area contributed by atoms with Crippen molar-refractivity contribution in [3.05, 3.63) is 0 Å². The Morgan fingerprint density at radius 2 is 2.12 bits per heavy atom. The van der Waals surface area contributed by atoms with Crippen LogP contribution in [-0.4, -0.2) is 37.1 Å². The van der Waals surface area contributed by atoms with Gasteiger partial charge in [-0.25, -0.2) is 0 Å². The van der Waals surface area contributed by atoms with Gasteiger partial charge in [0.1, 0.15) is 0 Å². The van der Waals surface area contributed by atoms with E-state index in [4.69, 9.17) is 5.26 Å². The predicted octanol–water partition coefficient (Wildman–Crippen LogP) is 2.14. The van der Waals surface area contributed by atoms with Gasteiger partial charge in [-0.3, -0.25) is 0 Å². The molecule has 0 aromatic carbocycles. The van der Waals surface area contributed by atoms with Crippen LogP contribution in [0.15, 0.2) is 0 Å². The second-order valence-electron chi connectivity index (χ2n) is 5.55. The van der Waals surface area contributed by atoms with Gasteiger partial charge in [-0.15, -0.1) is 0 Å². The van der Waals surface area contributed by atoms with E-state index in [0.717, 1.165) is 24.8 Å². The monoisotopic (exact) mass is 235 g/mol. The van der Waals surface area contributed by atoms with Crippen molar-refractivity contribution in [3.8, 4) is 6.07 Å². The molecule has 17 heavy (non-hydrogen) atoms. The average Bonchev–Trinajstić information content (AvgIpc) is 3.19. The van der Waals surface area contributed by atoms with E-state index in [9.17, 15) is 0 Å². The summed E-state index contributed by atoms with van der Waals surface area (Å²) in [5.41, 5.74) is 0. The Morgan fingerprint density at radius 3 is 2.76 bits per heavy atom. The van der Waals surface area contributed by atoms with Crippen molar-refractivity contribution in [3.63, 3.8) is 0 Å². The highest BCUT2D eigenvalue weighted by Crippen LogP contribution is 2.28. The molecule has 0 amide bonds. The SMILES string of the molecule is N#CCCCCN(CC1CCCNC1)C1CC1. The van der Waals surface area contributed by atoms with Crippen LogP contribution in [0.3, 0.4) is 0 Å². The zero-order valence-corrected chi connectivity index (χ0v) is 10.8. The van der Waals surface area contributed by atoms with Crippen molar-refractivity contribution in [1.29, 1.82) is 5.26 Å². The summed E-state index contributed by atoms with van der Waals surface area (Å²) in [5, 5.41) is 12.0. The molecule has 1 saturated heterocycles. The molecule has 3 heteroatoms. The van der Waals surface area contributed by atoms with Gasteiger partial charge in [0, 0.05) is 19.0 Å². The maximum Gasteiger partial charge on any atom is 0.0621 e. The van der Waals surface area contributed by atoms with Crippen LogP contribution < -0.4 is 5.32 Å². The molecule has 1 saturated carbocycles. The third-order valence-electron chi connectivity index (χ3n) is 3.94. The van der Waals surface area contributed by atoms with E-state index in [1.165, 1.54) is 58.3 Å². The molecule has 2 rings (SSSR count). The molecule has 2 fully saturated rings. The summed E-state index contributed by atoms with van der Waals surface area (Å²) in [6.07, 6.45) is 8.54. The van der Waals surface area contributed by atoms with Gasteiger partial charge in [0.15, 0.2) is 0 Å². The van der Waals surface area contributed by atoms with Crippen LogP contribution in [0.2, 0.25) is 0 Å². The summed E-state index contributed by atoms with van der Waals surface area (Å²) in [4.78, 5) is 2.69. The van der Waals surface area contributed by atoms with Crippen LogP contribution in [0.1, 0.15) is 44.9 Å². The molecule has 0 bridgehead atoms. The summed E-state index contributed by atoms with van der Waals surface area (Å²) in [6.45, 7) is 4.91. The first-order valence-electron chi connectivity index (χ1n) is 7.22. The average molecular weight is 235 g/mol. The van der Waals surface area contributed by atoms with E-state index in [0.29, 0.717) is 0 Å². The molecule has 1 aliphatic heterocycles. The molecule has 2 aliphatic rings. The minimum atomic E-state index is 0.726. The van der Waals surface area contributed by atoms with Gasteiger partial charge in [0.2, 0.25) is 0 Å². The number of hydrogen-bond donors (Lipinski definition) is 1. The van der Waals surface area contributed by atoms with E-state index >= 15 is 0 Å². The molecule has 96 valence electrons. The molecule has 1 heterocycles. The van der Waals surface area contributed by atoms with E-state index in [2.05, 4.69) is 16.3 Å². The lowest BCUT2D eigenvalue weighted by Crippen LogP contribution is -2.39. The molecule has 0 radical (unpaired) electrons. The first-order valence-corrected chi connectivity index (χ1v) is 7.22. The number of hydrogen-bond acceptors (Lipinski definition) is 3. The van der Waals surface area contributed by atoms with E-state index in [-0.39, 0.29) is 0 Å². The predicted molar refractivity (Wildman–Crippen MR) is 69.7 cm³/mol. The summed E-state index contributed by atoms with van der Waals surface area (Å²) in [7, 11) is 0. The van der Waals surface area contributed by atoms with Crippen LogP contribution in [-0.2, 0) is 0 Å². The molecule has 1 unspecified atom stereocenters. The van der Waals surface area contributed by atoms with Gasteiger partial charge in [0.05, 0.1) is 6.07 Å². The number of nitrogens with one attached hydrogen (secondary N) is 1. The van der Waals surface area contributed by atoms with Crippen LogP contribution in [0.25, 0.3) is 0 Å². The number of rotatable bonds is 7. The smallest absolute Gasteiger partial charge is 0.0621 e. The molecule has 1 N–H and O–H groups in total. The maximum absolute atomic E-state index is 8.54. The van der Waals surface area contributed by atoms with Crippen molar-refractivity contribution in [2.45, 2.75) is 51.0 Å². The van der Waals surface area contributed by atoms with E-state index in [1.54, 1.807) is 0 Å². The third-order valence-corrected chi connectivity index (χ3v) is 3.94. The fourth-order valence-electron chi connectivity index (χ4n) is 2.79. The second-order valence-corrected chi connectivity index (χ2v) is 5.55. The highest BCUT2D eigenvalue weighted by Gasteiger charge is 2.30. The fraction of sp³-hybridized carbons (Fsp3) is 0.929. The zero-order chi connectivity index (χ0) is 11.9. The molecule has 0 aromatic heterocycles. The molecule has 1 aliphatic carbocycles. The minimum absolute atomic E-state index is 0.726. The van der Waals surface area contributed by atoms with Gasteiger partial charge in [-0.05, 0) is 64.1 Å². The van der Waals surface area contributed by atoms with Gasteiger partial charge in [0.25, 0.3) is 0 Å². The minimum Gasteiger partial charge on any atom is -0.316 e. The van der Waals surface area contributed by atoms with Crippen LogP contribution in [0.4, 0.5) is 0 Å². The Hall–Kier alpha value is -0.590. The van der Waals surface area contributed by atoms with E-state index < -0.39 is 0 Å². The first-order chi connectivity index (χ1) is 8.40. The Morgan fingerprint density at radius 1 is 1.24 bits per heavy atom. The standard InChI is InChI=1S/C14H25N3/c15-8-2-1-3-10-17(14-6-7-14)12-13-5-4-9-16-11-13/h13-14,16H,1-7,9-12H2. The molecular weight excluding hydrogens is 210 g/mol. The Labute approximate surface area is 105 Å². The highest BCUT2D eigenvalue weighted by atomic mass is 15.2. The molecule has 0 spiro atoms. The maximum atomic E-state index is 8.54. The molecule has 1 atom stereocenters. The van der Waals surface area contributed by atoms with Crippen LogP contribution >= 0.6 is 0 Å². The molecule has 3 nitrogen and oxygen atoms in total. The number of nitriles is 1. The molecular formula is C14H25N3. The summed E-state index contributed by atoms with van der Waals surface area (Å²) >= 11 is 0. The molecule has 0 aromatic rings. The van der Waals surface area contributed by atoms with Crippen molar-refractivity contribution in [2.24, 2.45) is 5.92 Å². The fourth-order valence-corrected chi connectivity index (χ4v) is 2.79. The van der Waals surface area contributed by atoms with Gasteiger partial charge in [-0.2, -0.15) is 5.26 Å². The second kappa shape index (κ2) is 6.98. The first kappa shape index (κ1) is 12.9. The Bertz CT molecular complexity index is 249. The van der Waals surface area contributed by atoms with Crippen molar-refractivity contribution < 1.29 is 0 Å². The van der Waals surface area contributed by atoms with Gasteiger partial charge < -0.3 is 10.2 Å². The highest BCUT2D eigenvalue weighted by molar-refractivity contribution is 4.86. The summed E-state index contributed by atoms with van der Waals surface area (Å²) in [5.74, 6) is 0.861. The number of piperidine rings is 1. The lowest BCUT2D eigenvalue weighted by Gasteiger charge is -2.30. The van der Waals surface area contributed by atoms with Gasteiger partial charge in [-0.1, -0.05) is 0 Å².